The molecule has 1 aromatic carbocycles. The van der Waals surface area contributed by atoms with E-state index in [0.29, 0.717) is 12.2 Å². The van der Waals surface area contributed by atoms with Crippen LogP contribution in [0.2, 0.25) is 0 Å². The molecule has 4 rings (SSSR count). The van der Waals surface area contributed by atoms with Crippen molar-refractivity contribution >= 4 is 16.8 Å². The van der Waals surface area contributed by atoms with Crippen molar-refractivity contribution in [1.29, 1.82) is 0 Å². The molecule has 0 unspecified atom stereocenters. The standard InChI is InChI=1S/C19H21N3O2/c23-19(18-15-7-2-1-3-9-17(15)24-22-18)20-11-10-13-12-21-16-8-5-4-6-14(13)16/h4-6,8,12,21H,1-3,7,9-11H2,(H,20,23). The molecule has 0 aliphatic heterocycles. The summed E-state index contributed by atoms with van der Waals surface area (Å²) >= 11 is 0. The highest BCUT2D eigenvalue weighted by atomic mass is 16.5. The number of benzene rings is 1. The molecule has 124 valence electrons. The topological polar surface area (TPSA) is 70.9 Å². The fourth-order valence-corrected chi connectivity index (χ4v) is 3.47. The Bertz CT molecular complexity index is 863. The molecule has 5 nitrogen and oxygen atoms in total. The van der Waals surface area contributed by atoms with E-state index in [-0.39, 0.29) is 5.91 Å². The van der Waals surface area contributed by atoms with Crippen LogP contribution in [0, 0.1) is 0 Å². The van der Waals surface area contributed by atoms with Crippen molar-refractivity contribution in [2.45, 2.75) is 38.5 Å². The molecule has 2 heterocycles. The highest BCUT2D eigenvalue weighted by Gasteiger charge is 2.22. The molecule has 2 N–H and O–H groups in total. The van der Waals surface area contributed by atoms with Gasteiger partial charge in [0.1, 0.15) is 5.76 Å². The second-order valence-electron chi connectivity index (χ2n) is 6.36. The van der Waals surface area contributed by atoms with Gasteiger partial charge in [-0.2, -0.15) is 0 Å². The lowest BCUT2D eigenvalue weighted by Crippen LogP contribution is -2.27. The number of aryl methyl sites for hydroxylation is 1. The van der Waals surface area contributed by atoms with E-state index in [1.807, 2.05) is 18.3 Å². The number of carbonyl (C=O) groups excluding carboxylic acids is 1. The summed E-state index contributed by atoms with van der Waals surface area (Å²) in [5.74, 6) is 0.774. The maximum atomic E-state index is 12.4. The normalized spacial score (nSPS) is 14.3. The molecular formula is C19H21N3O2. The minimum absolute atomic E-state index is 0.123. The van der Waals surface area contributed by atoms with Crippen LogP contribution < -0.4 is 5.32 Å². The van der Waals surface area contributed by atoms with Crippen LogP contribution in [0.4, 0.5) is 0 Å². The van der Waals surface area contributed by atoms with Gasteiger partial charge >= 0.3 is 0 Å². The zero-order valence-electron chi connectivity index (χ0n) is 13.6. The van der Waals surface area contributed by atoms with Gasteiger partial charge in [0.25, 0.3) is 5.91 Å². The summed E-state index contributed by atoms with van der Waals surface area (Å²) < 4.78 is 5.38. The van der Waals surface area contributed by atoms with Crippen molar-refractivity contribution in [3.8, 4) is 0 Å². The van der Waals surface area contributed by atoms with Gasteiger partial charge in [0.05, 0.1) is 0 Å². The number of amides is 1. The average Bonchev–Trinajstić information content (AvgIpc) is 3.12. The van der Waals surface area contributed by atoms with E-state index >= 15 is 0 Å². The first kappa shape index (κ1) is 15.0. The maximum Gasteiger partial charge on any atom is 0.273 e. The highest BCUT2D eigenvalue weighted by molar-refractivity contribution is 5.93. The first-order valence-corrected chi connectivity index (χ1v) is 8.63. The summed E-state index contributed by atoms with van der Waals surface area (Å²) in [7, 11) is 0. The summed E-state index contributed by atoms with van der Waals surface area (Å²) in [6.45, 7) is 0.586. The van der Waals surface area contributed by atoms with E-state index in [4.69, 9.17) is 4.52 Å². The van der Waals surface area contributed by atoms with Crippen LogP contribution in [0.1, 0.15) is 46.6 Å². The van der Waals surface area contributed by atoms with Crippen molar-refractivity contribution < 1.29 is 9.32 Å². The number of rotatable bonds is 4. The van der Waals surface area contributed by atoms with E-state index in [9.17, 15) is 4.79 Å². The number of nitrogens with one attached hydrogen (secondary N) is 2. The summed E-state index contributed by atoms with van der Waals surface area (Å²) in [5, 5.41) is 8.21. The largest absolute Gasteiger partial charge is 0.361 e. The van der Waals surface area contributed by atoms with E-state index in [1.54, 1.807) is 0 Å². The first-order chi connectivity index (χ1) is 11.8. The second-order valence-corrected chi connectivity index (χ2v) is 6.36. The minimum Gasteiger partial charge on any atom is -0.361 e. The number of aromatic nitrogens is 2. The summed E-state index contributed by atoms with van der Waals surface area (Å²) in [4.78, 5) is 15.7. The van der Waals surface area contributed by atoms with Gasteiger partial charge in [-0.1, -0.05) is 29.8 Å². The van der Waals surface area contributed by atoms with Gasteiger partial charge in [0.2, 0.25) is 0 Å². The van der Waals surface area contributed by atoms with Gasteiger partial charge in [-0.15, -0.1) is 0 Å². The fraction of sp³-hybridized carbons (Fsp3) is 0.368. The van der Waals surface area contributed by atoms with Crippen LogP contribution in [0.15, 0.2) is 35.0 Å². The van der Waals surface area contributed by atoms with Crippen molar-refractivity contribution in [3.05, 3.63) is 53.0 Å². The Labute approximate surface area is 140 Å². The molecule has 0 spiro atoms. The van der Waals surface area contributed by atoms with Crippen LogP contribution in [-0.2, 0) is 19.3 Å². The van der Waals surface area contributed by atoms with Gasteiger partial charge in [-0.05, 0) is 37.3 Å². The molecule has 5 heteroatoms. The second kappa shape index (κ2) is 6.51. The van der Waals surface area contributed by atoms with Crippen LogP contribution >= 0.6 is 0 Å². The molecular weight excluding hydrogens is 302 g/mol. The highest BCUT2D eigenvalue weighted by Crippen LogP contribution is 2.23. The predicted molar refractivity (Wildman–Crippen MR) is 92.1 cm³/mol. The quantitative estimate of drug-likeness (QED) is 0.723. The number of aromatic amines is 1. The molecule has 0 radical (unpaired) electrons. The molecule has 0 fully saturated rings. The Morgan fingerprint density at radius 1 is 1.21 bits per heavy atom. The maximum absolute atomic E-state index is 12.4. The Morgan fingerprint density at radius 3 is 3.04 bits per heavy atom. The smallest absolute Gasteiger partial charge is 0.273 e. The molecule has 0 bridgehead atoms. The van der Waals surface area contributed by atoms with Gasteiger partial charge in [0.15, 0.2) is 5.69 Å². The average molecular weight is 323 g/mol. The predicted octanol–water partition coefficient (Wildman–Crippen LogP) is 3.40. The summed E-state index contributed by atoms with van der Waals surface area (Å²) in [5.41, 5.74) is 3.83. The lowest BCUT2D eigenvalue weighted by atomic mass is 10.1. The van der Waals surface area contributed by atoms with Crippen molar-refractivity contribution in [2.75, 3.05) is 6.54 Å². The number of hydrogen-bond donors (Lipinski definition) is 2. The Hall–Kier alpha value is -2.56. The first-order valence-electron chi connectivity index (χ1n) is 8.63. The Balaban J connectivity index is 1.41. The number of hydrogen-bond acceptors (Lipinski definition) is 3. The summed E-state index contributed by atoms with van der Waals surface area (Å²) in [6, 6.07) is 8.20. The monoisotopic (exact) mass is 323 g/mol. The third kappa shape index (κ3) is 2.82. The van der Waals surface area contributed by atoms with Gasteiger partial charge in [-0.25, -0.2) is 0 Å². The zero-order valence-corrected chi connectivity index (χ0v) is 13.6. The van der Waals surface area contributed by atoms with Crippen LogP contribution in [0.5, 0.6) is 0 Å². The Morgan fingerprint density at radius 2 is 2.08 bits per heavy atom. The van der Waals surface area contributed by atoms with E-state index in [0.717, 1.165) is 48.9 Å². The molecule has 0 saturated carbocycles. The molecule has 2 aromatic heterocycles. The number of H-pyrrole nitrogens is 1. The van der Waals surface area contributed by atoms with Crippen LogP contribution in [-0.4, -0.2) is 22.6 Å². The van der Waals surface area contributed by atoms with Gasteiger partial charge in [-0.3, -0.25) is 4.79 Å². The van der Waals surface area contributed by atoms with Gasteiger partial charge < -0.3 is 14.8 Å². The molecule has 3 aromatic rings. The SMILES string of the molecule is O=C(NCCc1c[nH]c2ccccc12)c1noc2c1CCCCC2. The van der Waals surface area contributed by atoms with E-state index in [1.165, 1.54) is 17.4 Å². The fourth-order valence-electron chi connectivity index (χ4n) is 3.47. The van der Waals surface area contributed by atoms with Crippen molar-refractivity contribution in [2.24, 2.45) is 0 Å². The lowest BCUT2D eigenvalue weighted by molar-refractivity contribution is 0.0944. The number of nitrogens with zero attached hydrogens (tertiary/aromatic N) is 1. The minimum atomic E-state index is -0.123. The number of carbonyl (C=O) groups is 1. The third-order valence-corrected chi connectivity index (χ3v) is 4.77. The molecule has 1 amide bonds. The lowest BCUT2D eigenvalue weighted by Gasteiger charge is -2.04. The molecule has 24 heavy (non-hydrogen) atoms. The van der Waals surface area contributed by atoms with E-state index < -0.39 is 0 Å². The van der Waals surface area contributed by atoms with Crippen LogP contribution in [0.25, 0.3) is 10.9 Å². The molecule has 0 atom stereocenters. The third-order valence-electron chi connectivity index (χ3n) is 4.77. The molecule has 1 aliphatic carbocycles. The number of para-hydroxylation sites is 1. The van der Waals surface area contributed by atoms with Gasteiger partial charge in [0, 0.05) is 35.6 Å². The van der Waals surface area contributed by atoms with Crippen molar-refractivity contribution in [3.63, 3.8) is 0 Å². The van der Waals surface area contributed by atoms with Crippen LogP contribution in [0.3, 0.4) is 0 Å². The molecule has 1 aliphatic rings. The zero-order chi connectivity index (χ0) is 16.4. The number of fused-ring (bicyclic) bond motifs is 2. The Kier molecular flexibility index (Phi) is 4.07. The molecule has 0 saturated heterocycles. The van der Waals surface area contributed by atoms with Crippen molar-refractivity contribution in [1.82, 2.24) is 15.5 Å². The van der Waals surface area contributed by atoms with E-state index in [2.05, 4.69) is 27.6 Å². The summed E-state index contributed by atoms with van der Waals surface area (Å²) in [6.07, 6.45) is 7.99.